The Morgan fingerprint density at radius 2 is 2.10 bits per heavy atom. The molecular formula is C15H25FN2O2. The second kappa shape index (κ2) is 9.69. The van der Waals surface area contributed by atoms with Gasteiger partial charge in [-0.3, -0.25) is 0 Å². The molecule has 0 heterocycles. The number of ether oxygens (including phenoxy) is 2. The zero-order valence-electron chi connectivity index (χ0n) is 12.6. The fourth-order valence-corrected chi connectivity index (χ4v) is 1.93. The van der Waals surface area contributed by atoms with Gasteiger partial charge in [-0.1, -0.05) is 6.07 Å². The van der Waals surface area contributed by atoms with Gasteiger partial charge in [-0.05, 0) is 19.1 Å². The van der Waals surface area contributed by atoms with Crippen LogP contribution < -0.4 is 10.2 Å². The molecule has 0 fully saturated rings. The molecule has 0 aromatic heterocycles. The minimum atomic E-state index is -0.185. The van der Waals surface area contributed by atoms with Crippen molar-refractivity contribution >= 4 is 5.69 Å². The molecule has 0 radical (unpaired) electrons. The van der Waals surface area contributed by atoms with Crippen LogP contribution in [0.2, 0.25) is 0 Å². The molecule has 0 amide bonds. The highest BCUT2D eigenvalue weighted by Gasteiger charge is 2.11. The number of nitrogens with zero attached hydrogens (tertiary/aromatic N) is 1. The third kappa shape index (κ3) is 5.45. The number of hydrogen-bond acceptors (Lipinski definition) is 4. The van der Waals surface area contributed by atoms with E-state index in [9.17, 15) is 4.39 Å². The molecule has 5 heteroatoms. The van der Waals surface area contributed by atoms with Gasteiger partial charge in [-0.15, -0.1) is 0 Å². The van der Waals surface area contributed by atoms with E-state index in [-0.39, 0.29) is 5.82 Å². The molecule has 0 spiro atoms. The van der Waals surface area contributed by atoms with Crippen molar-refractivity contribution in [2.45, 2.75) is 13.5 Å². The van der Waals surface area contributed by atoms with Gasteiger partial charge in [0.2, 0.25) is 0 Å². The van der Waals surface area contributed by atoms with E-state index >= 15 is 0 Å². The zero-order chi connectivity index (χ0) is 14.8. The van der Waals surface area contributed by atoms with Crippen LogP contribution in [-0.4, -0.2) is 47.1 Å². The van der Waals surface area contributed by atoms with E-state index < -0.39 is 0 Å². The summed E-state index contributed by atoms with van der Waals surface area (Å²) in [6.45, 7) is 5.85. The molecule has 0 aliphatic carbocycles. The summed E-state index contributed by atoms with van der Waals surface area (Å²) in [7, 11) is 3.60. The van der Waals surface area contributed by atoms with Crippen LogP contribution >= 0.6 is 0 Å². The Bertz CT molecular complexity index is 388. The quantitative estimate of drug-likeness (QED) is 0.667. The molecule has 0 saturated heterocycles. The number of nitrogens with one attached hydrogen (secondary N) is 1. The van der Waals surface area contributed by atoms with Crippen LogP contribution in [0.1, 0.15) is 12.5 Å². The topological polar surface area (TPSA) is 33.7 Å². The number of benzene rings is 1. The van der Waals surface area contributed by atoms with Gasteiger partial charge in [0.15, 0.2) is 0 Å². The molecule has 114 valence electrons. The maximum atomic E-state index is 14.0. The lowest BCUT2D eigenvalue weighted by molar-refractivity contribution is 0.154. The average molecular weight is 284 g/mol. The summed E-state index contributed by atoms with van der Waals surface area (Å²) in [6, 6.07) is 5.16. The third-order valence-corrected chi connectivity index (χ3v) is 3.07. The molecule has 0 saturated carbocycles. The van der Waals surface area contributed by atoms with E-state index in [1.165, 1.54) is 6.07 Å². The highest BCUT2D eigenvalue weighted by Crippen LogP contribution is 2.22. The first kappa shape index (κ1) is 16.9. The normalized spacial score (nSPS) is 10.8. The van der Waals surface area contributed by atoms with Crippen LogP contribution in [-0.2, 0) is 16.0 Å². The minimum absolute atomic E-state index is 0.185. The van der Waals surface area contributed by atoms with Crippen molar-refractivity contribution in [3.63, 3.8) is 0 Å². The van der Waals surface area contributed by atoms with Gasteiger partial charge in [-0.25, -0.2) is 4.39 Å². The van der Waals surface area contributed by atoms with Crippen molar-refractivity contribution in [2.75, 3.05) is 52.0 Å². The SMILES string of the molecule is CCOCCN(C)c1cccc(F)c1CNCCOC. The second-order valence-corrected chi connectivity index (χ2v) is 4.53. The third-order valence-electron chi connectivity index (χ3n) is 3.07. The molecule has 4 nitrogen and oxygen atoms in total. The predicted molar refractivity (Wildman–Crippen MR) is 79.7 cm³/mol. The molecule has 0 aliphatic heterocycles. The summed E-state index contributed by atoms with van der Waals surface area (Å²) in [5, 5.41) is 3.18. The Labute approximate surface area is 120 Å². The molecular weight excluding hydrogens is 259 g/mol. The molecule has 0 bridgehead atoms. The molecule has 0 aliphatic rings. The number of halogens is 1. The first-order chi connectivity index (χ1) is 9.70. The van der Waals surface area contributed by atoms with E-state index in [4.69, 9.17) is 9.47 Å². The molecule has 1 rings (SSSR count). The Hall–Kier alpha value is -1.17. The Morgan fingerprint density at radius 3 is 2.80 bits per heavy atom. The minimum Gasteiger partial charge on any atom is -0.383 e. The molecule has 0 atom stereocenters. The van der Waals surface area contributed by atoms with Crippen LogP contribution in [0.15, 0.2) is 18.2 Å². The molecule has 1 aromatic carbocycles. The van der Waals surface area contributed by atoms with E-state index in [2.05, 4.69) is 5.32 Å². The summed E-state index contributed by atoms with van der Waals surface area (Å²) in [5.41, 5.74) is 1.58. The van der Waals surface area contributed by atoms with Crippen LogP contribution in [0.4, 0.5) is 10.1 Å². The smallest absolute Gasteiger partial charge is 0.129 e. The fourth-order valence-electron chi connectivity index (χ4n) is 1.93. The van der Waals surface area contributed by atoms with Crippen molar-refractivity contribution < 1.29 is 13.9 Å². The van der Waals surface area contributed by atoms with Gasteiger partial charge < -0.3 is 19.7 Å². The number of likely N-dealkylation sites (N-methyl/N-ethyl adjacent to an activating group) is 1. The zero-order valence-corrected chi connectivity index (χ0v) is 12.6. The molecule has 0 unspecified atom stereocenters. The highest BCUT2D eigenvalue weighted by molar-refractivity contribution is 5.53. The fraction of sp³-hybridized carbons (Fsp3) is 0.600. The summed E-state index contributed by atoms with van der Waals surface area (Å²) in [5.74, 6) is -0.185. The average Bonchev–Trinajstić information content (AvgIpc) is 2.45. The van der Waals surface area contributed by atoms with Crippen molar-refractivity contribution in [3.05, 3.63) is 29.6 Å². The van der Waals surface area contributed by atoms with Crippen LogP contribution in [0.25, 0.3) is 0 Å². The van der Waals surface area contributed by atoms with E-state index in [1.54, 1.807) is 13.2 Å². The number of methoxy groups -OCH3 is 1. The summed E-state index contributed by atoms with van der Waals surface area (Å²) < 4.78 is 24.3. The first-order valence-electron chi connectivity index (χ1n) is 6.96. The van der Waals surface area contributed by atoms with Crippen molar-refractivity contribution in [1.82, 2.24) is 5.32 Å². The first-order valence-corrected chi connectivity index (χ1v) is 6.96. The Balaban J connectivity index is 2.66. The maximum absolute atomic E-state index is 14.0. The standard InChI is InChI=1S/C15H25FN2O2/c1-4-20-11-9-18(2)15-7-5-6-14(16)13(15)12-17-8-10-19-3/h5-7,17H,4,8-12H2,1-3H3. The van der Waals surface area contributed by atoms with Gasteiger partial charge in [-0.2, -0.15) is 0 Å². The van der Waals surface area contributed by atoms with Gasteiger partial charge in [0, 0.05) is 51.6 Å². The van der Waals surface area contributed by atoms with Crippen LogP contribution in [0.3, 0.4) is 0 Å². The number of hydrogen-bond donors (Lipinski definition) is 1. The lowest BCUT2D eigenvalue weighted by atomic mass is 10.1. The lowest BCUT2D eigenvalue weighted by Gasteiger charge is -2.23. The summed E-state index contributed by atoms with van der Waals surface area (Å²) in [6.07, 6.45) is 0. The van der Waals surface area contributed by atoms with Gasteiger partial charge in [0.1, 0.15) is 5.82 Å². The predicted octanol–water partition coefficient (Wildman–Crippen LogP) is 2.03. The Morgan fingerprint density at radius 1 is 1.30 bits per heavy atom. The van der Waals surface area contributed by atoms with Gasteiger partial charge in [0.25, 0.3) is 0 Å². The van der Waals surface area contributed by atoms with Gasteiger partial charge >= 0.3 is 0 Å². The molecule has 20 heavy (non-hydrogen) atoms. The highest BCUT2D eigenvalue weighted by atomic mass is 19.1. The van der Waals surface area contributed by atoms with E-state index in [0.29, 0.717) is 38.5 Å². The van der Waals surface area contributed by atoms with Crippen molar-refractivity contribution in [3.8, 4) is 0 Å². The van der Waals surface area contributed by atoms with Crippen molar-refractivity contribution in [1.29, 1.82) is 0 Å². The lowest BCUT2D eigenvalue weighted by Crippen LogP contribution is -2.26. The number of anilines is 1. The Kier molecular flexibility index (Phi) is 8.18. The maximum Gasteiger partial charge on any atom is 0.129 e. The van der Waals surface area contributed by atoms with E-state index in [0.717, 1.165) is 12.2 Å². The second-order valence-electron chi connectivity index (χ2n) is 4.53. The van der Waals surface area contributed by atoms with Gasteiger partial charge in [0.05, 0.1) is 13.2 Å². The molecule has 1 aromatic rings. The largest absolute Gasteiger partial charge is 0.383 e. The van der Waals surface area contributed by atoms with Crippen LogP contribution in [0.5, 0.6) is 0 Å². The van der Waals surface area contributed by atoms with Crippen molar-refractivity contribution in [2.24, 2.45) is 0 Å². The summed E-state index contributed by atoms with van der Waals surface area (Å²) in [4.78, 5) is 2.02. The summed E-state index contributed by atoms with van der Waals surface area (Å²) >= 11 is 0. The number of rotatable bonds is 10. The van der Waals surface area contributed by atoms with Crippen LogP contribution in [0, 0.1) is 5.82 Å². The monoisotopic (exact) mass is 284 g/mol. The molecule has 1 N–H and O–H groups in total. The van der Waals surface area contributed by atoms with E-state index in [1.807, 2.05) is 24.9 Å².